The lowest BCUT2D eigenvalue weighted by Crippen LogP contribution is -2.22. The minimum absolute atomic E-state index is 0.0990. The van der Waals surface area contributed by atoms with Crippen molar-refractivity contribution in [2.75, 3.05) is 0 Å². The van der Waals surface area contributed by atoms with Gasteiger partial charge in [-0.15, -0.1) is 0 Å². The Kier molecular flexibility index (Phi) is 2.13. The summed E-state index contributed by atoms with van der Waals surface area (Å²) in [4.78, 5) is 22.8. The van der Waals surface area contributed by atoms with Gasteiger partial charge < -0.3 is 9.67 Å². The number of benzene rings is 1. The summed E-state index contributed by atoms with van der Waals surface area (Å²) < 4.78 is 1.87. The fourth-order valence-electron chi connectivity index (χ4n) is 2.48. The molecule has 1 aliphatic heterocycles. The number of fused-ring (bicyclic) bond motifs is 3. The maximum Gasteiger partial charge on any atom is 0.339 e. The molecule has 0 amide bonds. The van der Waals surface area contributed by atoms with E-state index >= 15 is 0 Å². The molecule has 1 aromatic carbocycles. The maximum atomic E-state index is 11.8. The number of hydrogen-bond donors (Lipinski definition) is 1. The lowest BCUT2D eigenvalue weighted by Gasteiger charge is -2.14. The number of aliphatic carboxylic acids is 1. The Hall–Kier alpha value is -2.36. The van der Waals surface area contributed by atoms with Gasteiger partial charge in [-0.2, -0.15) is 0 Å². The number of carboxylic acid groups (broad SMARTS) is 1. The predicted molar refractivity (Wildman–Crippen MR) is 67.3 cm³/mol. The minimum atomic E-state index is -1.16. The highest BCUT2D eigenvalue weighted by Gasteiger charge is 2.26. The first-order chi connectivity index (χ1) is 8.59. The molecule has 0 saturated carbocycles. The molecule has 0 aliphatic carbocycles. The summed E-state index contributed by atoms with van der Waals surface area (Å²) in [5, 5.41) is 10.1. The largest absolute Gasteiger partial charge is 0.478 e. The molecule has 1 aromatic heterocycles. The molecular formula is C14H11NO3. The molecule has 0 spiro atoms. The molecule has 0 atom stereocenters. The van der Waals surface area contributed by atoms with E-state index in [1.807, 2.05) is 35.8 Å². The van der Waals surface area contributed by atoms with Crippen LogP contribution in [0.25, 0.3) is 17.0 Å². The van der Waals surface area contributed by atoms with Gasteiger partial charge in [-0.05, 0) is 24.6 Å². The predicted octanol–water partition coefficient (Wildman–Crippen LogP) is 2.00. The number of nitrogens with zero attached hydrogens (tertiary/aromatic N) is 1. The van der Waals surface area contributed by atoms with Gasteiger partial charge in [0.25, 0.3) is 0 Å². The average molecular weight is 241 g/mol. The molecular weight excluding hydrogens is 230 g/mol. The van der Waals surface area contributed by atoms with E-state index in [4.69, 9.17) is 5.11 Å². The Labute approximate surface area is 103 Å². The molecule has 0 radical (unpaired) electrons. The summed E-state index contributed by atoms with van der Waals surface area (Å²) in [6.45, 7) is 2.04. The summed E-state index contributed by atoms with van der Waals surface area (Å²) >= 11 is 0. The van der Waals surface area contributed by atoms with E-state index in [9.17, 15) is 9.59 Å². The topological polar surface area (TPSA) is 59.3 Å². The molecule has 2 heterocycles. The molecule has 4 nitrogen and oxygen atoms in total. The SMILES string of the molecule is Cc1c2n(c3ccccc13)CC(=O)C(C(=O)O)=C2. The molecule has 18 heavy (non-hydrogen) atoms. The van der Waals surface area contributed by atoms with E-state index in [1.54, 1.807) is 0 Å². The van der Waals surface area contributed by atoms with Crippen molar-refractivity contribution >= 4 is 28.7 Å². The number of para-hydroxylation sites is 1. The number of carbonyl (C=O) groups is 2. The highest BCUT2D eigenvalue weighted by molar-refractivity contribution is 6.21. The fourth-order valence-corrected chi connectivity index (χ4v) is 2.48. The Morgan fingerprint density at radius 3 is 2.78 bits per heavy atom. The van der Waals surface area contributed by atoms with Crippen LogP contribution in [0.3, 0.4) is 0 Å². The van der Waals surface area contributed by atoms with Crippen molar-refractivity contribution < 1.29 is 14.7 Å². The molecule has 1 N–H and O–H groups in total. The molecule has 90 valence electrons. The minimum Gasteiger partial charge on any atom is -0.478 e. The van der Waals surface area contributed by atoms with Crippen molar-refractivity contribution in [1.29, 1.82) is 0 Å². The number of ketones is 1. The van der Waals surface area contributed by atoms with Gasteiger partial charge in [-0.25, -0.2) is 4.79 Å². The first-order valence-corrected chi connectivity index (χ1v) is 5.65. The van der Waals surface area contributed by atoms with Gasteiger partial charge in [0.2, 0.25) is 0 Å². The van der Waals surface area contributed by atoms with Crippen LogP contribution in [0.5, 0.6) is 0 Å². The number of Topliss-reactive ketones (excluding diaryl/α,β-unsaturated/α-hetero) is 1. The average Bonchev–Trinajstić information content (AvgIpc) is 2.62. The number of aromatic nitrogens is 1. The van der Waals surface area contributed by atoms with E-state index in [2.05, 4.69) is 0 Å². The van der Waals surface area contributed by atoms with Gasteiger partial charge in [0.15, 0.2) is 5.78 Å². The lowest BCUT2D eigenvalue weighted by atomic mass is 10.0. The molecule has 0 fully saturated rings. The van der Waals surface area contributed by atoms with Gasteiger partial charge in [-0.3, -0.25) is 4.79 Å². The molecule has 3 rings (SSSR count). The second kappa shape index (κ2) is 3.57. The van der Waals surface area contributed by atoms with Crippen LogP contribution in [0.2, 0.25) is 0 Å². The quantitative estimate of drug-likeness (QED) is 0.777. The van der Waals surface area contributed by atoms with Crippen LogP contribution < -0.4 is 0 Å². The summed E-state index contributed by atoms with van der Waals surface area (Å²) in [5.74, 6) is -1.51. The fraction of sp³-hybridized carbons (Fsp3) is 0.143. The standard InChI is InChI=1S/C14H11NO3/c1-8-9-4-2-3-5-11(9)15-7-13(16)10(14(17)18)6-12(8)15/h2-6H,7H2,1H3,(H,17,18). The van der Waals surface area contributed by atoms with Crippen molar-refractivity contribution in [3.63, 3.8) is 0 Å². The maximum absolute atomic E-state index is 11.8. The summed E-state index contributed by atoms with van der Waals surface area (Å²) in [6, 6.07) is 7.77. The van der Waals surface area contributed by atoms with Crippen LogP contribution in [-0.4, -0.2) is 21.4 Å². The third-order valence-electron chi connectivity index (χ3n) is 3.39. The Morgan fingerprint density at radius 2 is 2.06 bits per heavy atom. The Morgan fingerprint density at radius 1 is 1.33 bits per heavy atom. The van der Waals surface area contributed by atoms with Gasteiger partial charge >= 0.3 is 5.97 Å². The first-order valence-electron chi connectivity index (χ1n) is 5.65. The molecule has 0 unspecified atom stereocenters. The van der Waals surface area contributed by atoms with Crippen molar-refractivity contribution in [3.8, 4) is 0 Å². The van der Waals surface area contributed by atoms with Crippen LogP contribution >= 0.6 is 0 Å². The van der Waals surface area contributed by atoms with Crippen LogP contribution in [0, 0.1) is 6.92 Å². The van der Waals surface area contributed by atoms with Crippen molar-refractivity contribution in [2.45, 2.75) is 13.5 Å². The monoisotopic (exact) mass is 241 g/mol. The number of carboxylic acids is 1. The second-order valence-corrected chi connectivity index (χ2v) is 4.40. The zero-order valence-corrected chi connectivity index (χ0v) is 9.80. The smallest absolute Gasteiger partial charge is 0.339 e. The highest BCUT2D eigenvalue weighted by atomic mass is 16.4. The molecule has 2 aromatic rings. The van der Waals surface area contributed by atoms with Crippen LogP contribution in [0.15, 0.2) is 29.8 Å². The van der Waals surface area contributed by atoms with Crippen molar-refractivity contribution in [1.82, 2.24) is 4.57 Å². The molecule has 4 heteroatoms. The van der Waals surface area contributed by atoms with Crippen LogP contribution in [0.4, 0.5) is 0 Å². The molecule has 1 aliphatic rings. The zero-order valence-electron chi connectivity index (χ0n) is 9.80. The van der Waals surface area contributed by atoms with E-state index in [0.29, 0.717) is 0 Å². The van der Waals surface area contributed by atoms with E-state index in [1.165, 1.54) is 6.08 Å². The third-order valence-corrected chi connectivity index (χ3v) is 3.39. The molecule has 0 saturated heterocycles. The van der Waals surface area contributed by atoms with E-state index < -0.39 is 5.97 Å². The van der Waals surface area contributed by atoms with Crippen LogP contribution in [0.1, 0.15) is 11.3 Å². The van der Waals surface area contributed by atoms with Crippen molar-refractivity contribution in [3.05, 3.63) is 41.1 Å². The number of rotatable bonds is 1. The van der Waals surface area contributed by atoms with Gasteiger partial charge in [0.1, 0.15) is 5.57 Å². The Balaban J connectivity index is 2.36. The highest BCUT2D eigenvalue weighted by Crippen LogP contribution is 2.30. The van der Waals surface area contributed by atoms with E-state index in [-0.39, 0.29) is 17.9 Å². The summed E-state index contributed by atoms with van der Waals surface area (Å²) in [7, 11) is 0. The summed E-state index contributed by atoms with van der Waals surface area (Å²) in [6.07, 6.45) is 1.48. The van der Waals surface area contributed by atoms with Gasteiger partial charge in [0.05, 0.1) is 6.54 Å². The number of hydrogen-bond acceptors (Lipinski definition) is 2. The number of aryl methyl sites for hydroxylation is 1. The van der Waals surface area contributed by atoms with Gasteiger partial charge in [0, 0.05) is 16.6 Å². The first kappa shape index (κ1) is 10.8. The lowest BCUT2D eigenvalue weighted by molar-refractivity contribution is -0.134. The number of carbonyl (C=O) groups excluding carboxylic acids is 1. The normalized spacial score (nSPS) is 14.5. The summed E-state index contributed by atoms with van der Waals surface area (Å²) in [5.41, 5.74) is 2.66. The van der Waals surface area contributed by atoms with Crippen LogP contribution in [-0.2, 0) is 16.1 Å². The molecule has 0 bridgehead atoms. The van der Waals surface area contributed by atoms with Gasteiger partial charge in [-0.1, -0.05) is 18.2 Å². The van der Waals surface area contributed by atoms with Crippen molar-refractivity contribution in [2.24, 2.45) is 0 Å². The Bertz CT molecular complexity index is 722. The third kappa shape index (κ3) is 1.32. The second-order valence-electron chi connectivity index (χ2n) is 4.40. The zero-order chi connectivity index (χ0) is 12.9. The van der Waals surface area contributed by atoms with E-state index in [0.717, 1.165) is 22.2 Å².